The van der Waals surface area contributed by atoms with Gasteiger partial charge in [-0.25, -0.2) is 19.9 Å². The zero-order valence-electron chi connectivity index (χ0n) is 21.5. The Balaban J connectivity index is 1.20. The van der Waals surface area contributed by atoms with Gasteiger partial charge in [0.1, 0.15) is 29.7 Å². The maximum absolute atomic E-state index is 6.55. The lowest BCUT2D eigenvalue weighted by molar-refractivity contribution is 0.126. The molecule has 0 spiro atoms. The van der Waals surface area contributed by atoms with Crippen LogP contribution in [0.15, 0.2) is 55.2 Å². The molecule has 0 amide bonds. The van der Waals surface area contributed by atoms with E-state index in [0.29, 0.717) is 5.82 Å². The molecule has 0 radical (unpaired) electrons. The number of aromatic nitrogens is 5. The Labute approximate surface area is 219 Å². The number of fused-ring (bicyclic) bond motifs is 5. The molecule has 1 fully saturated rings. The number of hydrogen-bond donors (Lipinski definition) is 2. The van der Waals surface area contributed by atoms with E-state index in [1.165, 1.54) is 0 Å². The van der Waals surface area contributed by atoms with Crippen LogP contribution >= 0.6 is 0 Å². The smallest absolute Gasteiger partial charge is 0.175 e. The van der Waals surface area contributed by atoms with Crippen LogP contribution in [0.2, 0.25) is 0 Å². The average Bonchev–Trinajstić information content (AvgIpc) is 3.30. The molecule has 38 heavy (non-hydrogen) atoms. The largest absolute Gasteiger partial charge is 0.483 e. The van der Waals surface area contributed by atoms with Gasteiger partial charge in [0.25, 0.3) is 0 Å². The number of nitrogens with zero attached hydrogens (tertiary/aromatic N) is 6. The number of nitrogens with one attached hydrogen (secondary N) is 2. The van der Waals surface area contributed by atoms with Crippen molar-refractivity contribution in [3.8, 4) is 17.2 Å². The lowest BCUT2D eigenvalue weighted by Crippen LogP contribution is -2.57. The minimum Gasteiger partial charge on any atom is -0.483 e. The van der Waals surface area contributed by atoms with Crippen molar-refractivity contribution in [3.05, 3.63) is 60.8 Å². The van der Waals surface area contributed by atoms with Gasteiger partial charge < -0.3 is 29.6 Å². The molecule has 7 rings (SSSR count). The van der Waals surface area contributed by atoms with Gasteiger partial charge in [0.05, 0.1) is 40.5 Å². The summed E-state index contributed by atoms with van der Waals surface area (Å²) in [5.74, 6) is 3.76. The first-order valence-corrected chi connectivity index (χ1v) is 12.8. The summed E-state index contributed by atoms with van der Waals surface area (Å²) in [4.78, 5) is 20.4. The molecule has 1 saturated heterocycles. The van der Waals surface area contributed by atoms with Crippen LogP contribution in [-0.2, 0) is 7.05 Å². The van der Waals surface area contributed by atoms with Gasteiger partial charge in [-0.15, -0.1) is 0 Å². The summed E-state index contributed by atoms with van der Waals surface area (Å²) in [6.07, 6.45) is 6.18. The molecule has 0 unspecified atom stereocenters. The second kappa shape index (κ2) is 8.84. The third kappa shape index (κ3) is 3.76. The Morgan fingerprint density at radius 1 is 1.05 bits per heavy atom. The average molecular weight is 509 g/mol. The lowest BCUT2D eigenvalue weighted by Gasteiger charge is -2.43. The molecule has 0 bridgehead atoms. The molecule has 5 aromatic rings. The summed E-state index contributed by atoms with van der Waals surface area (Å²) in [5.41, 5.74) is 4.59. The van der Waals surface area contributed by atoms with Crippen LogP contribution in [0.3, 0.4) is 0 Å². The third-order valence-corrected chi connectivity index (χ3v) is 7.47. The number of likely N-dealkylation sites (N-methyl/N-ethyl adjacent to an activating group) is 1. The predicted molar refractivity (Wildman–Crippen MR) is 147 cm³/mol. The maximum atomic E-state index is 6.55. The van der Waals surface area contributed by atoms with Gasteiger partial charge in [0.2, 0.25) is 0 Å². The fourth-order valence-electron chi connectivity index (χ4n) is 5.41. The number of pyridine rings is 1. The van der Waals surface area contributed by atoms with Crippen LogP contribution in [0.4, 0.5) is 17.3 Å². The maximum Gasteiger partial charge on any atom is 0.175 e. The van der Waals surface area contributed by atoms with Crippen molar-refractivity contribution < 1.29 is 9.47 Å². The Kier molecular flexibility index (Phi) is 5.29. The SMILES string of the molecule is Cc1cc(Nc2ncnc3cnc4c(c23)O[C@H]2CCNC[C@H]2N4C)ccc1Oc1ccc2c(c1)ncn2C. The number of hydrogen-bond acceptors (Lipinski definition) is 9. The van der Waals surface area contributed by atoms with Crippen LogP contribution in [0.5, 0.6) is 17.2 Å². The summed E-state index contributed by atoms with van der Waals surface area (Å²) < 4.78 is 14.7. The van der Waals surface area contributed by atoms with E-state index in [1.807, 2.05) is 54.9 Å². The van der Waals surface area contributed by atoms with Crippen LogP contribution in [0, 0.1) is 6.92 Å². The quantitative estimate of drug-likeness (QED) is 0.368. The van der Waals surface area contributed by atoms with Gasteiger partial charge >= 0.3 is 0 Å². The van der Waals surface area contributed by atoms with Gasteiger partial charge in [0.15, 0.2) is 11.6 Å². The minimum absolute atomic E-state index is 0.0955. The summed E-state index contributed by atoms with van der Waals surface area (Å²) >= 11 is 0. The standard InChI is InChI=1S/C28H28N8O2/c1-16-10-17(4-7-23(16)37-18-5-6-21-19(11-18)33-15-35(21)2)34-27-25-20(31-14-32-27)12-30-28-26(25)38-24-8-9-29-13-22(24)36(28)3/h4-7,10-12,14-15,22,24,29H,8-9,13H2,1-3H3,(H,31,32,34)/t22-,24+/m1/s1. The lowest BCUT2D eigenvalue weighted by atomic mass is 10.00. The van der Waals surface area contributed by atoms with E-state index in [2.05, 4.69) is 42.5 Å². The van der Waals surface area contributed by atoms with Crippen LogP contribution in [0.1, 0.15) is 12.0 Å². The van der Waals surface area contributed by atoms with Crippen LogP contribution < -0.4 is 25.0 Å². The van der Waals surface area contributed by atoms with Crippen molar-refractivity contribution in [2.24, 2.45) is 7.05 Å². The minimum atomic E-state index is 0.0955. The molecule has 10 heteroatoms. The first-order valence-electron chi connectivity index (χ1n) is 12.8. The Hall–Kier alpha value is -4.44. The highest BCUT2D eigenvalue weighted by Gasteiger charge is 2.38. The van der Waals surface area contributed by atoms with Crippen LogP contribution in [-0.4, -0.2) is 56.8 Å². The number of imidazole rings is 1. The number of benzene rings is 2. The molecule has 3 aromatic heterocycles. The van der Waals surface area contributed by atoms with E-state index in [9.17, 15) is 0 Å². The van der Waals surface area contributed by atoms with E-state index in [4.69, 9.17) is 9.47 Å². The molecule has 2 N–H and O–H groups in total. The summed E-state index contributed by atoms with van der Waals surface area (Å²) in [6.45, 7) is 3.84. The Morgan fingerprint density at radius 2 is 1.97 bits per heavy atom. The summed E-state index contributed by atoms with van der Waals surface area (Å²) in [5, 5.41) is 7.78. The molecule has 2 aliphatic rings. The van der Waals surface area contributed by atoms with Gasteiger partial charge in [-0.1, -0.05) is 0 Å². The molecule has 2 aliphatic heterocycles. The molecular formula is C28H28N8O2. The van der Waals surface area contributed by atoms with Crippen molar-refractivity contribution in [2.45, 2.75) is 25.5 Å². The van der Waals surface area contributed by atoms with Crippen molar-refractivity contribution >= 4 is 39.3 Å². The van der Waals surface area contributed by atoms with E-state index in [-0.39, 0.29) is 12.1 Å². The van der Waals surface area contributed by atoms with Crippen molar-refractivity contribution in [1.82, 2.24) is 29.8 Å². The zero-order valence-corrected chi connectivity index (χ0v) is 21.5. The first kappa shape index (κ1) is 22.7. The molecule has 2 aromatic carbocycles. The predicted octanol–water partition coefficient (Wildman–Crippen LogP) is 4.31. The number of rotatable bonds is 4. The van der Waals surface area contributed by atoms with Gasteiger partial charge in [-0.3, -0.25) is 0 Å². The molecule has 0 aliphatic carbocycles. The van der Waals surface area contributed by atoms with E-state index >= 15 is 0 Å². The molecule has 192 valence electrons. The van der Waals surface area contributed by atoms with E-state index < -0.39 is 0 Å². The fourth-order valence-corrected chi connectivity index (χ4v) is 5.41. The second-order valence-corrected chi connectivity index (χ2v) is 9.93. The van der Waals surface area contributed by atoms with Gasteiger partial charge in [-0.2, -0.15) is 0 Å². The summed E-state index contributed by atoms with van der Waals surface area (Å²) in [6, 6.07) is 12.2. The number of anilines is 3. The molecule has 0 saturated carbocycles. The fraction of sp³-hybridized carbons (Fsp3) is 0.286. The van der Waals surface area contributed by atoms with E-state index in [1.54, 1.807) is 18.9 Å². The second-order valence-electron chi connectivity index (χ2n) is 9.93. The molecular weight excluding hydrogens is 480 g/mol. The monoisotopic (exact) mass is 508 g/mol. The summed E-state index contributed by atoms with van der Waals surface area (Å²) in [7, 11) is 4.06. The normalized spacial score (nSPS) is 18.7. The van der Waals surface area contributed by atoms with Crippen LogP contribution in [0.25, 0.3) is 21.9 Å². The van der Waals surface area contributed by atoms with Crippen molar-refractivity contribution in [1.29, 1.82) is 0 Å². The number of aryl methyl sites for hydroxylation is 2. The molecule has 5 heterocycles. The first-order chi connectivity index (χ1) is 18.5. The Morgan fingerprint density at radius 3 is 2.87 bits per heavy atom. The number of piperidine rings is 1. The van der Waals surface area contributed by atoms with Crippen molar-refractivity contribution in [2.75, 3.05) is 30.4 Å². The molecule has 2 atom stereocenters. The third-order valence-electron chi connectivity index (χ3n) is 7.47. The molecule has 10 nitrogen and oxygen atoms in total. The van der Waals surface area contributed by atoms with Crippen molar-refractivity contribution in [3.63, 3.8) is 0 Å². The van der Waals surface area contributed by atoms with E-state index in [0.717, 1.165) is 75.8 Å². The number of ether oxygens (including phenoxy) is 2. The van der Waals surface area contributed by atoms with Gasteiger partial charge in [0, 0.05) is 32.4 Å². The highest BCUT2D eigenvalue weighted by atomic mass is 16.5. The highest BCUT2D eigenvalue weighted by Crippen LogP contribution is 2.43. The highest BCUT2D eigenvalue weighted by molar-refractivity contribution is 5.98. The topological polar surface area (TPSA) is 102 Å². The van der Waals surface area contributed by atoms with Gasteiger partial charge in [-0.05, 0) is 55.8 Å². The zero-order chi connectivity index (χ0) is 25.8. The Bertz CT molecular complexity index is 1680.